The van der Waals surface area contributed by atoms with E-state index in [4.69, 9.17) is 4.74 Å². The molecule has 0 bridgehead atoms. The van der Waals surface area contributed by atoms with E-state index in [-0.39, 0.29) is 0 Å². The van der Waals surface area contributed by atoms with Gasteiger partial charge in [0, 0.05) is 17.9 Å². The van der Waals surface area contributed by atoms with Crippen LogP contribution >= 0.6 is 11.8 Å². The average molecular weight is 211 g/mol. The van der Waals surface area contributed by atoms with E-state index in [2.05, 4.69) is 15.3 Å². The molecule has 1 saturated heterocycles. The maximum Gasteiger partial charge on any atom is 0.218 e. The summed E-state index contributed by atoms with van der Waals surface area (Å²) in [6.07, 6.45) is 2.72. The first-order valence-corrected chi connectivity index (χ1v) is 5.74. The topological polar surface area (TPSA) is 47.0 Å². The summed E-state index contributed by atoms with van der Waals surface area (Å²) < 4.78 is 5.02. The SMILES string of the molecule is COc1cc(NC2CCSC2)ncn1. The molecule has 1 N–H and O–H groups in total. The van der Waals surface area contributed by atoms with Crippen molar-refractivity contribution in [3.63, 3.8) is 0 Å². The van der Waals surface area contributed by atoms with Crippen molar-refractivity contribution in [3.05, 3.63) is 12.4 Å². The zero-order valence-corrected chi connectivity index (χ0v) is 8.88. The minimum atomic E-state index is 0.541. The average Bonchev–Trinajstić information content (AvgIpc) is 2.71. The Bertz CT molecular complexity index is 302. The summed E-state index contributed by atoms with van der Waals surface area (Å²) in [5.74, 6) is 3.85. The van der Waals surface area contributed by atoms with Crippen LogP contribution in [0, 0.1) is 0 Å². The van der Waals surface area contributed by atoms with Gasteiger partial charge in [0.15, 0.2) is 0 Å². The first-order valence-electron chi connectivity index (χ1n) is 4.59. The maximum atomic E-state index is 5.02. The summed E-state index contributed by atoms with van der Waals surface area (Å²) in [7, 11) is 1.61. The molecule has 4 nitrogen and oxygen atoms in total. The monoisotopic (exact) mass is 211 g/mol. The van der Waals surface area contributed by atoms with Crippen LogP contribution in [0.5, 0.6) is 5.88 Å². The fourth-order valence-corrected chi connectivity index (χ4v) is 2.54. The third-order valence-electron chi connectivity index (χ3n) is 2.13. The lowest BCUT2D eigenvalue weighted by atomic mass is 10.2. The lowest BCUT2D eigenvalue weighted by molar-refractivity contribution is 0.397. The Hall–Kier alpha value is -0.970. The second-order valence-corrected chi connectivity index (χ2v) is 4.30. The summed E-state index contributed by atoms with van der Waals surface area (Å²) in [4.78, 5) is 8.09. The molecule has 1 atom stereocenters. The highest BCUT2D eigenvalue weighted by molar-refractivity contribution is 7.99. The lowest BCUT2D eigenvalue weighted by Gasteiger charge is -2.11. The quantitative estimate of drug-likeness (QED) is 0.819. The van der Waals surface area contributed by atoms with Gasteiger partial charge in [0.2, 0.25) is 5.88 Å². The van der Waals surface area contributed by atoms with Gasteiger partial charge in [-0.3, -0.25) is 0 Å². The van der Waals surface area contributed by atoms with Gasteiger partial charge < -0.3 is 10.1 Å². The predicted molar refractivity (Wildman–Crippen MR) is 57.9 cm³/mol. The Morgan fingerprint density at radius 3 is 3.21 bits per heavy atom. The molecule has 1 aromatic rings. The molecule has 1 aliphatic rings. The van der Waals surface area contributed by atoms with E-state index in [1.807, 2.05) is 17.8 Å². The Labute approximate surface area is 87.5 Å². The van der Waals surface area contributed by atoms with Crippen molar-refractivity contribution in [1.29, 1.82) is 0 Å². The third-order valence-corrected chi connectivity index (χ3v) is 3.30. The molecule has 0 aliphatic carbocycles. The van der Waals surface area contributed by atoms with Crippen LogP contribution in [-0.4, -0.2) is 34.6 Å². The van der Waals surface area contributed by atoms with E-state index in [0.29, 0.717) is 11.9 Å². The first kappa shape index (κ1) is 9.58. The summed E-state index contributed by atoms with van der Waals surface area (Å²) in [5.41, 5.74) is 0. The summed E-state index contributed by atoms with van der Waals surface area (Å²) in [6, 6.07) is 2.36. The number of nitrogens with zero attached hydrogens (tertiary/aromatic N) is 2. The molecule has 0 saturated carbocycles. The number of thioether (sulfide) groups is 1. The van der Waals surface area contributed by atoms with Gasteiger partial charge in [0.1, 0.15) is 12.1 Å². The van der Waals surface area contributed by atoms with Crippen LogP contribution in [0.4, 0.5) is 5.82 Å². The smallest absolute Gasteiger partial charge is 0.218 e. The third kappa shape index (κ3) is 2.29. The molecular weight excluding hydrogens is 198 g/mol. The predicted octanol–water partition coefficient (Wildman–Crippen LogP) is 1.40. The highest BCUT2D eigenvalue weighted by atomic mass is 32.2. The van der Waals surface area contributed by atoms with Gasteiger partial charge >= 0.3 is 0 Å². The van der Waals surface area contributed by atoms with Gasteiger partial charge in [-0.1, -0.05) is 0 Å². The minimum Gasteiger partial charge on any atom is -0.481 e. The van der Waals surface area contributed by atoms with Crippen molar-refractivity contribution in [1.82, 2.24) is 9.97 Å². The summed E-state index contributed by atoms with van der Waals surface area (Å²) in [6.45, 7) is 0. The van der Waals surface area contributed by atoms with E-state index < -0.39 is 0 Å². The molecule has 1 aliphatic heterocycles. The zero-order valence-electron chi connectivity index (χ0n) is 8.06. The Morgan fingerprint density at radius 2 is 2.50 bits per heavy atom. The van der Waals surface area contributed by atoms with Crippen molar-refractivity contribution in [3.8, 4) is 5.88 Å². The molecule has 1 unspecified atom stereocenters. The van der Waals surface area contributed by atoms with E-state index in [1.165, 1.54) is 18.5 Å². The second kappa shape index (κ2) is 4.50. The fourth-order valence-electron chi connectivity index (χ4n) is 1.39. The number of aromatic nitrogens is 2. The van der Waals surface area contributed by atoms with Gasteiger partial charge in [0.05, 0.1) is 7.11 Å². The van der Waals surface area contributed by atoms with Gasteiger partial charge in [0.25, 0.3) is 0 Å². The molecule has 2 rings (SSSR count). The van der Waals surface area contributed by atoms with Gasteiger partial charge in [-0.2, -0.15) is 11.8 Å². The molecule has 1 aromatic heterocycles. The lowest BCUT2D eigenvalue weighted by Crippen LogP contribution is -2.18. The maximum absolute atomic E-state index is 5.02. The van der Waals surface area contributed by atoms with Crippen molar-refractivity contribution in [2.45, 2.75) is 12.5 Å². The van der Waals surface area contributed by atoms with Crippen LogP contribution < -0.4 is 10.1 Å². The summed E-state index contributed by atoms with van der Waals surface area (Å²) in [5, 5.41) is 3.36. The Balaban J connectivity index is 2.00. The van der Waals surface area contributed by atoms with E-state index >= 15 is 0 Å². The number of hydrogen-bond donors (Lipinski definition) is 1. The second-order valence-electron chi connectivity index (χ2n) is 3.15. The van der Waals surface area contributed by atoms with E-state index in [0.717, 1.165) is 11.6 Å². The molecule has 5 heteroatoms. The molecule has 2 heterocycles. The molecule has 0 amide bonds. The molecule has 0 aromatic carbocycles. The number of nitrogens with one attached hydrogen (secondary N) is 1. The number of rotatable bonds is 3. The molecule has 1 fully saturated rings. The zero-order chi connectivity index (χ0) is 9.80. The van der Waals surface area contributed by atoms with Gasteiger partial charge in [-0.15, -0.1) is 0 Å². The molecular formula is C9H13N3OS. The van der Waals surface area contributed by atoms with Crippen LogP contribution in [0.3, 0.4) is 0 Å². The van der Waals surface area contributed by atoms with Crippen molar-refractivity contribution < 1.29 is 4.74 Å². The highest BCUT2D eigenvalue weighted by Crippen LogP contribution is 2.21. The number of hydrogen-bond acceptors (Lipinski definition) is 5. The van der Waals surface area contributed by atoms with Crippen LogP contribution in [0.25, 0.3) is 0 Å². The normalized spacial score (nSPS) is 20.8. The molecule has 76 valence electrons. The van der Waals surface area contributed by atoms with Crippen LogP contribution in [-0.2, 0) is 0 Å². The number of methoxy groups -OCH3 is 1. The largest absolute Gasteiger partial charge is 0.481 e. The van der Waals surface area contributed by atoms with Crippen LogP contribution in [0.2, 0.25) is 0 Å². The van der Waals surface area contributed by atoms with Gasteiger partial charge in [-0.05, 0) is 12.2 Å². The van der Waals surface area contributed by atoms with Crippen molar-refractivity contribution in [2.75, 3.05) is 23.9 Å². The van der Waals surface area contributed by atoms with Crippen molar-refractivity contribution in [2.24, 2.45) is 0 Å². The van der Waals surface area contributed by atoms with Crippen LogP contribution in [0.15, 0.2) is 12.4 Å². The molecule has 0 radical (unpaired) electrons. The molecule has 14 heavy (non-hydrogen) atoms. The Kier molecular flexibility index (Phi) is 3.08. The van der Waals surface area contributed by atoms with Crippen LogP contribution in [0.1, 0.15) is 6.42 Å². The van der Waals surface area contributed by atoms with E-state index in [1.54, 1.807) is 7.11 Å². The fraction of sp³-hybridized carbons (Fsp3) is 0.556. The standard InChI is InChI=1S/C9H13N3OS/c1-13-9-4-8(10-6-11-9)12-7-2-3-14-5-7/h4,6-7H,2-3,5H2,1H3,(H,10,11,12). The van der Waals surface area contributed by atoms with Crippen molar-refractivity contribution >= 4 is 17.6 Å². The van der Waals surface area contributed by atoms with E-state index in [9.17, 15) is 0 Å². The first-order chi connectivity index (χ1) is 6.88. The Morgan fingerprint density at radius 1 is 1.57 bits per heavy atom. The number of ether oxygens (including phenoxy) is 1. The highest BCUT2D eigenvalue weighted by Gasteiger charge is 2.15. The summed E-state index contributed by atoms with van der Waals surface area (Å²) >= 11 is 1.97. The number of anilines is 1. The van der Waals surface area contributed by atoms with Gasteiger partial charge in [-0.25, -0.2) is 9.97 Å². The minimum absolute atomic E-state index is 0.541. The molecule has 0 spiro atoms.